The summed E-state index contributed by atoms with van der Waals surface area (Å²) in [5, 5.41) is 26.9. The maximum Gasteiger partial charge on any atom is 0.223 e. The molecule has 0 aliphatic heterocycles. The molecule has 0 spiro atoms. The van der Waals surface area contributed by atoms with E-state index < -0.39 is 0 Å². The average Bonchev–Trinajstić information content (AvgIpc) is 4.04. The van der Waals surface area contributed by atoms with E-state index in [2.05, 4.69) is 96.2 Å². The van der Waals surface area contributed by atoms with Crippen molar-refractivity contribution in [3.05, 3.63) is 89.9 Å². The summed E-state index contributed by atoms with van der Waals surface area (Å²) in [6, 6.07) is 0. The fourth-order valence-corrected chi connectivity index (χ4v) is 4.68. The number of rotatable bonds is 0. The molecule has 304 valence electrons. The van der Waals surface area contributed by atoms with E-state index in [9.17, 15) is 0 Å². The standard InChI is InChI=1S/4C4H6N2O.4C4H6N2S/c2*1-3-5-4(2)7-6-3;1-3-4(2)7-6-5-3;1-3-4(2)6-7-5-3;2*1-3-5-4(2)7-6-3;1-3-4(2)7-6-5-3;1-3-4(2)6-7-5-3/h8*1-2H3. The zero-order chi connectivity index (χ0) is 42.2. The smallest absolute Gasteiger partial charge is 0.223 e. The molecule has 0 N–H and O–H groups in total. The quantitative estimate of drug-likeness (QED) is 0.144. The van der Waals surface area contributed by atoms with Gasteiger partial charge in [0.2, 0.25) is 11.8 Å². The molecule has 0 saturated carbocycles. The molecule has 8 heterocycles. The Labute approximate surface area is 341 Å². The van der Waals surface area contributed by atoms with Gasteiger partial charge >= 0.3 is 0 Å². The molecule has 0 aliphatic rings. The molecule has 8 rings (SSSR count). The third-order valence-electron chi connectivity index (χ3n) is 6.03. The Morgan fingerprint density at radius 3 is 0.964 bits per heavy atom. The van der Waals surface area contributed by atoms with E-state index in [-0.39, 0.29) is 0 Å². The first kappa shape index (κ1) is 48.8. The van der Waals surface area contributed by atoms with Crippen LogP contribution in [0.4, 0.5) is 0 Å². The van der Waals surface area contributed by atoms with E-state index in [1.54, 1.807) is 27.7 Å². The van der Waals surface area contributed by atoms with Crippen LogP contribution < -0.4 is 0 Å². The summed E-state index contributed by atoms with van der Waals surface area (Å²) < 4.78 is 37.7. The van der Waals surface area contributed by atoms with Gasteiger partial charge in [0.05, 0.1) is 28.8 Å². The van der Waals surface area contributed by atoms with Crippen LogP contribution in [0.15, 0.2) is 18.2 Å². The first-order chi connectivity index (χ1) is 26.4. The lowest BCUT2D eigenvalue weighted by molar-refractivity contribution is 0.302. The molecule has 8 aromatic rings. The summed E-state index contributed by atoms with van der Waals surface area (Å²) in [6.45, 7) is 30.1. The van der Waals surface area contributed by atoms with Gasteiger partial charge in [0.1, 0.15) is 38.7 Å². The lowest BCUT2D eigenvalue weighted by Gasteiger charge is -1.75. The Balaban J connectivity index is 0.000000320. The highest BCUT2D eigenvalue weighted by Gasteiger charge is 1.95. The second-order valence-corrected chi connectivity index (χ2v) is 14.5. The summed E-state index contributed by atoms with van der Waals surface area (Å²) in [5.74, 6) is 5.18. The average molecular weight is 849 g/mol. The van der Waals surface area contributed by atoms with Crippen molar-refractivity contribution >= 4 is 46.3 Å². The first-order valence-corrected chi connectivity index (χ1v) is 19.5. The van der Waals surface area contributed by atoms with Crippen molar-refractivity contribution in [2.24, 2.45) is 0 Å². The normalized spacial score (nSPS) is 9.43. The molecule has 20 nitrogen and oxygen atoms in total. The van der Waals surface area contributed by atoms with Gasteiger partial charge in [0.15, 0.2) is 17.4 Å². The fourth-order valence-electron chi connectivity index (χ4n) is 2.71. The molecule has 24 heteroatoms. The van der Waals surface area contributed by atoms with E-state index in [1.165, 1.54) is 51.2 Å². The topological polar surface area (TPSA) is 259 Å². The molecular formula is C32H48N16O4S4. The van der Waals surface area contributed by atoms with E-state index in [0.717, 1.165) is 61.6 Å². The predicted octanol–water partition coefficient (Wildman–Crippen LogP) is 7.37. The second kappa shape index (κ2) is 26.6. The summed E-state index contributed by atoms with van der Waals surface area (Å²) in [4.78, 5) is 16.9. The maximum absolute atomic E-state index is 4.60. The molecule has 0 saturated heterocycles. The third-order valence-corrected chi connectivity index (χ3v) is 8.90. The van der Waals surface area contributed by atoms with Crippen molar-refractivity contribution < 1.29 is 18.2 Å². The zero-order valence-electron chi connectivity index (χ0n) is 34.4. The molecular weight excluding hydrogens is 801 g/mol. The predicted molar refractivity (Wildman–Crippen MR) is 213 cm³/mol. The maximum atomic E-state index is 4.60. The minimum Gasteiger partial charge on any atom is -0.342 e. The summed E-state index contributed by atoms with van der Waals surface area (Å²) in [5.41, 5.74) is 5.72. The Bertz CT molecular complexity index is 1760. The van der Waals surface area contributed by atoms with Gasteiger partial charge in [-0.2, -0.15) is 27.5 Å². The number of aromatic nitrogens is 16. The van der Waals surface area contributed by atoms with Crippen molar-refractivity contribution in [2.75, 3.05) is 0 Å². The molecule has 8 aromatic heterocycles. The first-order valence-electron chi connectivity index (χ1n) is 16.5. The number of nitrogens with zero attached hydrogens (tertiary/aromatic N) is 16. The lowest BCUT2D eigenvalue weighted by Crippen LogP contribution is -1.71. The van der Waals surface area contributed by atoms with Crippen LogP contribution >= 0.6 is 46.3 Å². The van der Waals surface area contributed by atoms with Gasteiger partial charge in [-0.05, 0) is 132 Å². The van der Waals surface area contributed by atoms with Gasteiger partial charge in [0, 0.05) is 24.0 Å². The van der Waals surface area contributed by atoms with E-state index in [0.29, 0.717) is 23.4 Å². The zero-order valence-corrected chi connectivity index (χ0v) is 37.7. The number of hydrogen-bond acceptors (Lipinski definition) is 24. The molecule has 0 radical (unpaired) electrons. The minimum atomic E-state index is 0.623. The molecule has 0 fully saturated rings. The largest absolute Gasteiger partial charge is 0.342 e. The van der Waals surface area contributed by atoms with E-state index in [4.69, 9.17) is 0 Å². The minimum absolute atomic E-state index is 0.623. The van der Waals surface area contributed by atoms with Crippen LogP contribution in [0, 0.1) is 111 Å². The van der Waals surface area contributed by atoms with Crippen molar-refractivity contribution in [1.29, 1.82) is 0 Å². The highest BCUT2D eigenvalue weighted by Crippen LogP contribution is 2.04. The SMILES string of the molecule is Cc1nnoc1C.Cc1nnsc1C.Cc1noc(C)n1.Cc1noc(C)n1.Cc1nonc1C.Cc1nsc(C)n1.Cc1nsc(C)n1.Cc1nsnc1C. The van der Waals surface area contributed by atoms with Gasteiger partial charge in [-0.15, -0.1) is 10.2 Å². The van der Waals surface area contributed by atoms with Gasteiger partial charge in [0.25, 0.3) is 0 Å². The Morgan fingerprint density at radius 1 is 0.393 bits per heavy atom. The lowest BCUT2D eigenvalue weighted by atomic mass is 10.4. The molecule has 0 aromatic carbocycles. The van der Waals surface area contributed by atoms with Crippen molar-refractivity contribution in [2.45, 2.75) is 111 Å². The molecule has 0 bridgehead atoms. The van der Waals surface area contributed by atoms with Gasteiger partial charge < -0.3 is 13.6 Å². The fraction of sp³-hybridized carbons (Fsp3) is 0.500. The highest BCUT2D eigenvalue weighted by atomic mass is 32.1. The Kier molecular flexibility index (Phi) is 23.2. The Hall–Kier alpha value is -5.20. The monoisotopic (exact) mass is 848 g/mol. The van der Waals surface area contributed by atoms with Gasteiger partial charge in [-0.3, -0.25) is 0 Å². The molecule has 0 aliphatic carbocycles. The molecule has 56 heavy (non-hydrogen) atoms. The molecule has 0 unspecified atom stereocenters. The van der Waals surface area contributed by atoms with Crippen LogP contribution in [0.5, 0.6) is 0 Å². The molecule has 0 amide bonds. The van der Waals surface area contributed by atoms with Crippen molar-refractivity contribution in [3.63, 3.8) is 0 Å². The van der Waals surface area contributed by atoms with Crippen LogP contribution in [-0.4, -0.2) is 78.0 Å². The summed E-state index contributed by atoms with van der Waals surface area (Å²) >= 11 is 5.60. The van der Waals surface area contributed by atoms with Crippen LogP contribution in [0.1, 0.15) is 89.9 Å². The summed E-state index contributed by atoms with van der Waals surface area (Å²) in [7, 11) is 0. The van der Waals surface area contributed by atoms with Crippen LogP contribution in [0.25, 0.3) is 0 Å². The molecule has 0 atom stereocenters. The van der Waals surface area contributed by atoms with Crippen LogP contribution in [0.3, 0.4) is 0 Å². The van der Waals surface area contributed by atoms with E-state index >= 15 is 0 Å². The van der Waals surface area contributed by atoms with Gasteiger partial charge in [-0.25, -0.2) is 14.6 Å². The number of aryl methyl sites for hydroxylation is 16. The van der Waals surface area contributed by atoms with Crippen molar-refractivity contribution in [3.8, 4) is 0 Å². The van der Waals surface area contributed by atoms with Gasteiger partial charge in [-0.1, -0.05) is 25.1 Å². The van der Waals surface area contributed by atoms with Crippen LogP contribution in [-0.2, 0) is 0 Å². The highest BCUT2D eigenvalue weighted by molar-refractivity contribution is 7.05. The third kappa shape index (κ3) is 22.2. The Morgan fingerprint density at radius 2 is 0.857 bits per heavy atom. The number of hydrogen-bond donors (Lipinski definition) is 0. The summed E-state index contributed by atoms with van der Waals surface area (Å²) in [6.07, 6.45) is 0. The van der Waals surface area contributed by atoms with E-state index in [1.807, 2.05) is 83.1 Å². The van der Waals surface area contributed by atoms with Crippen LogP contribution in [0.2, 0.25) is 0 Å². The second-order valence-electron chi connectivity index (χ2n) is 11.1. The van der Waals surface area contributed by atoms with Crippen molar-refractivity contribution in [1.82, 2.24) is 78.0 Å².